The summed E-state index contributed by atoms with van der Waals surface area (Å²) in [5.74, 6) is 0.779. The molecule has 3 aromatic rings. The average molecular weight is 321 g/mol. The number of nitrogens with zero attached hydrogens (tertiary/aromatic N) is 4. The molecule has 0 bridgehead atoms. The summed E-state index contributed by atoms with van der Waals surface area (Å²) in [4.78, 5) is 4.44. The molecule has 0 aliphatic heterocycles. The smallest absolute Gasteiger partial charge is 0.229 e. The Kier molecular flexibility index (Phi) is 3.38. The fraction of sp³-hybridized carbons (Fsp3) is 0.267. The molecule has 0 radical (unpaired) electrons. The third-order valence-electron chi connectivity index (χ3n) is 3.23. The van der Waals surface area contributed by atoms with Crippen molar-refractivity contribution < 1.29 is 0 Å². The standard InChI is InChI=1S/C15H14Cl2N4/c1-15(2,3)13-19-20-14(17)21(13)11-7-6-10(16)9-5-4-8-18-12(9)11/h4-8H,1-3H3. The van der Waals surface area contributed by atoms with Gasteiger partial charge in [0.25, 0.3) is 0 Å². The lowest BCUT2D eigenvalue weighted by atomic mass is 9.95. The van der Waals surface area contributed by atoms with Crippen molar-refractivity contribution >= 4 is 34.1 Å². The highest BCUT2D eigenvalue weighted by atomic mass is 35.5. The second-order valence-corrected chi connectivity index (χ2v) is 6.59. The Labute approximate surface area is 132 Å². The number of fused-ring (bicyclic) bond motifs is 1. The molecule has 0 aliphatic carbocycles. The molecule has 0 spiro atoms. The topological polar surface area (TPSA) is 43.6 Å². The summed E-state index contributed by atoms with van der Waals surface area (Å²) >= 11 is 12.5. The summed E-state index contributed by atoms with van der Waals surface area (Å²) in [7, 11) is 0. The van der Waals surface area contributed by atoms with E-state index in [2.05, 4.69) is 36.0 Å². The highest BCUT2D eigenvalue weighted by Gasteiger charge is 2.25. The quantitative estimate of drug-likeness (QED) is 0.666. The van der Waals surface area contributed by atoms with E-state index in [4.69, 9.17) is 23.2 Å². The van der Waals surface area contributed by atoms with E-state index in [1.807, 2.05) is 28.8 Å². The van der Waals surface area contributed by atoms with Gasteiger partial charge in [-0.25, -0.2) is 0 Å². The van der Waals surface area contributed by atoms with Crippen LogP contribution in [0.2, 0.25) is 10.3 Å². The van der Waals surface area contributed by atoms with Crippen molar-refractivity contribution in [3.05, 3.63) is 46.6 Å². The van der Waals surface area contributed by atoms with Crippen LogP contribution < -0.4 is 0 Å². The predicted molar refractivity (Wildman–Crippen MR) is 85.4 cm³/mol. The third-order valence-corrected chi connectivity index (χ3v) is 3.80. The summed E-state index contributed by atoms with van der Waals surface area (Å²) in [6.07, 6.45) is 1.73. The first-order valence-corrected chi connectivity index (χ1v) is 7.30. The second-order valence-electron chi connectivity index (χ2n) is 5.84. The fourth-order valence-corrected chi connectivity index (χ4v) is 2.69. The Hall–Kier alpha value is -1.65. The van der Waals surface area contributed by atoms with E-state index in [-0.39, 0.29) is 5.41 Å². The Bertz CT molecular complexity index is 818. The minimum Gasteiger partial charge on any atom is -0.267 e. The zero-order valence-electron chi connectivity index (χ0n) is 11.9. The molecule has 0 saturated carbocycles. The molecule has 0 saturated heterocycles. The largest absolute Gasteiger partial charge is 0.267 e. The summed E-state index contributed by atoms with van der Waals surface area (Å²) in [6, 6.07) is 7.52. The van der Waals surface area contributed by atoms with Crippen LogP contribution in [0, 0.1) is 0 Å². The second kappa shape index (κ2) is 4.97. The van der Waals surface area contributed by atoms with Gasteiger partial charge in [-0.05, 0) is 35.9 Å². The maximum Gasteiger partial charge on any atom is 0.229 e. The Morgan fingerprint density at radius 3 is 2.52 bits per heavy atom. The van der Waals surface area contributed by atoms with E-state index in [9.17, 15) is 0 Å². The molecule has 0 fully saturated rings. The molecule has 0 aliphatic rings. The van der Waals surface area contributed by atoms with E-state index >= 15 is 0 Å². The van der Waals surface area contributed by atoms with Crippen LogP contribution in [0.3, 0.4) is 0 Å². The van der Waals surface area contributed by atoms with Crippen LogP contribution in [0.4, 0.5) is 0 Å². The molecule has 6 heteroatoms. The number of hydrogen-bond acceptors (Lipinski definition) is 3. The summed E-state index contributed by atoms with van der Waals surface area (Å²) in [6.45, 7) is 6.19. The highest BCUT2D eigenvalue weighted by molar-refractivity contribution is 6.35. The molecule has 0 unspecified atom stereocenters. The number of halogens is 2. The number of benzene rings is 1. The molecular formula is C15H14Cl2N4. The minimum absolute atomic E-state index is 0.194. The van der Waals surface area contributed by atoms with Crippen LogP contribution >= 0.6 is 23.2 Å². The van der Waals surface area contributed by atoms with Gasteiger partial charge in [-0.1, -0.05) is 32.4 Å². The first-order chi connectivity index (χ1) is 9.89. The summed E-state index contributed by atoms with van der Waals surface area (Å²) in [5.41, 5.74) is 1.41. The molecule has 4 nitrogen and oxygen atoms in total. The summed E-state index contributed by atoms with van der Waals surface area (Å²) < 4.78 is 1.83. The van der Waals surface area contributed by atoms with Gasteiger partial charge in [-0.15, -0.1) is 10.2 Å². The van der Waals surface area contributed by atoms with Gasteiger partial charge in [0.15, 0.2) is 0 Å². The fourth-order valence-electron chi connectivity index (χ4n) is 2.27. The normalized spacial score (nSPS) is 12.0. The molecule has 0 atom stereocenters. The maximum atomic E-state index is 6.25. The Morgan fingerprint density at radius 1 is 1.05 bits per heavy atom. The molecule has 2 heterocycles. The van der Waals surface area contributed by atoms with Crippen molar-refractivity contribution in [3.63, 3.8) is 0 Å². The molecule has 0 amide bonds. The zero-order chi connectivity index (χ0) is 15.2. The average Bonchev–Trinajstić information content (AvgIpc) is 2.82. The van der Waals surface area contributed by atoms with Gasteiger partial charge in [-0.2, -0.15) is 0 Å². The van der Waals surface area contributed by atoms with Crippen LogP contribution in [-0.4, -0.2) is 19.7 Å². The zero-order valence-corrected chi connectivity index (χ0v) is 13.4. The SMILES string of the molecule is CC(C)(C)c1nnc(Cl)n1-c1ccc(Cl)c2cccnc12. The molecule has 108 valence electrons. The van der Waals surface area contributed by atoms with Crippen molar-refractivity contribution in [2.24, 2.45) is 0 Å². The molecule has 0 N–H and O–H groups in total. The minimum atomic E-state index is -0.194. The van der Waals surface area contributed by atoms with E-state index < -0.39 is 0 Å². The lowest BCUT2D eigenvalue weighted by molar-refractivity contribution is 0.533. The first-order valence-electron chi connectivity index (χ1n) is 6.54. The van der Waals surface area contributed by atoms with Crippen LogP contribution in [0.25, 0.3) is 16.6 Å². The lowest BCUT2D eigenvalue weighted by Crippen LogP contribution is -2.18. The van der Waals surface area contributed by atoms with Gasteiger partial charge in [0.2, 0.25) is 5.28 Å². The number of pyridine rings is 1. The Balaban J connectivity index is 2.37. The van der Waals surface area contributed by atoms with Crippen molar-refractivity contribution in [2.45, 2.75) is 26.2 Å². The van der Waals surface area contributed by atoms with Crippen LogP contribution in [0.1, 0.15) is 26.6 Å². The molecule has 1 aromatic carbocycles. The van der Waals surface area contributed by atoms with Crippen molar-refractivity contribution in [2.75, 3.05) is 0 Å². The Morgan fingerprint density at radius 2 is 1.81 bits per heavy atom. The van der Waals surface area contributed by atoms with Gasteiger partial charge in [0.1, 0.15) is 5.82 Å². The van der Waals surface area contributed by atoms with Gasteiger partial charge >= 0.3 is 0 Å². The van der Waals surface area contributed by atoms with Gasteiger partial charge in [0.05, 0.1) is 16.2 Å². The number of hydrogen-bond donors (Lipinski definition) is 0. The highest BCUT2D eigenvalue weighted by Crippen LogP contribution is 2.32. The van der Waals surface area contributed by atoms with Gasteiger partial charge in [0, 0.05) is 17.0 Å². The van der Waals surface area contributed by atoms with E-state index in [0.717, 1.165) is 22.4 Å². The van der Waals surface area contributed by atoms with E-state index in [1.54, 1.807) is 6.20 Å². The molecule has 3 rings (SSSR count). The predicted octanol–water partition coefficient (Wildman–Crippen LogP) is 4.42. The van der Waals surface area contributed by atoms with Gasteiger partial charge in [-0.3, -0.25) is 9.55 Å². The number of rotatable bonds is 1. The van der Waals surface area contributed by atoms with E-state index in [0.29, 0.717) is 10.3 Å². The van der Waals surface area contributed by atoms with Crippen LogP contribution in [0.15, 0.2) is 30.5 Å². The first kappa shape index (κ1) is 14.3. The van der Waals surface area contributed by atoms with Crippen molar-refractivity contribution in [3.8, 4) is 5.69 Å². The summed E-state index contributed by atoms with van der Waals surface area (Å²) in [5, 5.41) is 10.1. The maximum absolute atomic E-state index is 6.25. The van der Waals surface area contributed by atoms with Crippen LogP contribution in [0.5, 0.6) is 0 Å². The van der Waals surface area contributed by atoms with Gasteiger partial charge < -0.3 is 0 Å². The monoisotopic (exact) mass is 320 g/mol. The van der Waals surface area contributed by atoms with Crippen molar-refractivity contribution in [1.82, 2.24) is 19.7 Å². The van der Waals surface area contributed by atoms with Crippen LogP contribution in [-0.2, 0) is 5.41 Å². The lowest BCUT2D eigenvalue weighted by Gasteiger charge is -2.19. The molecule has 21 heavy (non-hydrogen) atoms. The molecule has 2 aromatic heterocycles. The van der Waals surface area contributed by atoms with Crippen molar-refractivity contribution in [1.29, 1.82) is 0 Å². The van der Waals surface area contributed by atoms with E-state index in [1.165, 1.54) is 0 Å². The molecular weight excluding hydrogens is 307 g/mol. The third kappa shape index (κ3) is 2.39. The number of aromatic nitrogens is 4.